The number of carboxylic acids is 2. The van der Waals surface area contributed by atoms with Gasteiger partial charge < -0.3 is 19.7 Å². The lowest BCUT2D eigenvalue weighted by Gasteiger charge is -2.14. The van der Waals surface area contributed by atoms with Crippen LogP contribution in [0.1, 0.15) is 70.3 Å². The molecule has 2 aromatic rings. The van der Waals surface area contributed by atoms with Gasteiger partial charge in [0.25, 0.3) is 0 Å². The number of rotatable bonds is 15. The molecule has 0 amide bonds. The Labute approximate surface area is 197 Å². The van der Waals surface area contributed by atoms with Gasteiger partial charge in [-0.25, -0.2) is 4.79 Å². The van der Waals surface area contributed by atoms with Crippen LogP contribution in [0.4, 0.5) is 0 Å². The van der Waals surface area contributed by atoms with Gasteiger partial charge in [0.05, 0.1) is 7.11 Å². The van der Waals surface area contributed by atoms with Gasteiger partial charge in [-0.1, -0.05) is 75.8 Å². The van der Waals surface area contributed by atoms with Crippen molar-refractivity contribution in [1.82, 2.24) is 0 Å². The van der Waals surface area contributed by atoms with E-state index in [-0.39, 0.29) is 6.42 Å². The Morgan fingerprint density at radius 2 is 1.48 bits per heavy atom. The van der Waals surface area contributed by atoms with Crippen LogP contribution in [0.3, 0.4) is 0 Å². The van der Waals surface area contributed by atoms with Crippen LogP contribution < -0.4 is 9.47 Å². The summed E-state index contributed by atoms with van der Waals surface area (Å²) in [5.74, 6) is -0.256. The summed E-state index contributed by atoms with van der Waals surface area (Å²) in [7, 11) is 1.59. The van der Waals surface area contributed by atoms with Crippen LogP contribution in [-0.4, -0.2) is 35.4 Å². The van der Waals surface area contributed by atoms with E-state index in [1.807, 2.05) is 42.5 Å². The molecule has 0 fully saturated rings. The van der Waals surface area contributed by atoms with Crippen molar-refractivity contribution in [3.63, 3.8) is 0 Å². The van der Waals surface area contributed by atoms with E-state index in [9.17, 15) is 14.7 Å². The lowest BCUT2D eigenvalue weighted by atomic mass is 10.1. The number of hydrogen-bond donors (Lipinski definition) is 2. The Bertz CT molecular complexity index is 790. The minimum Gasteiger partial charge on any atom is -0.497 e. The van der Waals surface area contributed by atoms with Gasteiger partial charge in [0.15, 0.2) is 6.10 Å². The van der Waals surface area contributed by atoms with Crippen LogP contribution in [0.15, 0.2) is 54.6 Å². The third-order valence-corrected chi connectivity index (χ3v) is 5.13. The summed E-state index contributed by atoms with van der Waals surface area (Å²) in [6.07, 6.45) is 8.86. The second kappa shape index (κ2) is 17.5. The first-order chi connectivity index (χ1) is 16.0. The molecule has 2 N–H and O–H groups in total. The molecular formula is C27H38O6. The minimum atomic E-state index is -0.875. The molecule has 0 aromatic heterocycles. The maximum atomic E-state index is 11.2. The zero-order valence-corrected chi connectivity index (χ0v) is 19.9. The first-order valence-electron chi connectivity index (χ1n) is 11.8. The first kappa shape index (κ1) is 28.0. The van der Waals surface area contributed by atoms with Crippen LogP contribution in [0, 0.1) is 0 Å². The molecule has 1 atom stereocenters. The third kappa shape index (κ3) is 13.9. The molecule has 0 aliphatic heterocycles. The topological polar surface area (TPSA) is 93.1 Å². The van der Waals surface area contributed by atoms with Crippen molar-refractivity contribution in [2.24, 2.45) is 0 Å². The second-order valence-electron chi connectivity index (χ2n) is 7.91. The van der Waals surface area contributed by atoms with Crippen molar-refractivity contribution in [2.75, 3.05) is 7.11 Å². The monoisotopic (exact) mass is 458 g/mol. The molecule has 2 rings (SSSR count). The second-order valence-corrected chi connectivity index (χ2v) is 7.91. The number of carbonyl (C=O) groups is 2. The third-order valence-electron chi connectivity index (χ3n) is 5.13. The Kier molecular flexibility index (Phi) is 14.9. The average molecular weight is 459 g/mol. The molecule has 0 aliphatic carbocycles. The normalized spacial score (nSPS) is 11.1. The SMILES string of the molecule is CCCCCCCCCC(Oc1ccccc1)C(=O)O.COc1cccc(CCC(=O)O)c1. The number of para-hydroxylation sites is 1. The maximum Gasteiger partial charge on any atom is 0.344 e. The van der Waals surface area contributed by atoms with Crippen molar-refractivity contribution < 1.29 is 29.3 Å². The van der Waals surface area contributed by atoms with Gasteiger partial charge in [-0.15, -0.1) is 0 Å². The molecule has 1 unspecified atom stereocenters. The highest BCUT2D eigenvalue weighted by molar-refractivity contribution is 5.72. The summed E-state index contributed by atoms with van der Waals surface area (Å²) in [5, 5.41) is 17.7. The van der Waals surface area contributed by atoms with Gasteiger partial charge in [-0.2, -0.15) is 0 Å². The molecule has 0 heterocycles. The lowest BCUT2D eigenvalue weighted by Crippen LogP contribution is -2.26. The lowest BCUT2D eigenvalue weighted by molar-refractivity contribution is -0.145. The van der Waals surface area contributed by atoms with E-state index in [0.29, 0.717) is 18.6 Å². The van der Waals surface area contributed by atoms with E-state index in [2.05, 4.69) is 6.92 Å². The van der Waals surface area contributed by atoms with E-state index in [4.69, 9.17) is 14.6 Å². The molecule has 0 saturated carbocycles. The smallest absolute Gasteiger partial charge is 0.344 e. The number of unbranched alkanes of at least 4 members (excludes halogenated alkanes) is 6. The Hall–Kier alpha value is -3.02. The van der Waals surface area contributed by atoms with Crippen LogP contribution in [0.2, 0.25) is 0 Å². The predicted octanol–water partition coefficient (Wildman–Crippen LogP) is 6.37. The van der Waals surface area contributed by atoms with Crippen LogP contribution >= 0.6 is 0 Å². The summed E-state index contributed by atoms with van der Waals surface area (Å²) in [6, 6.07) is 16.6. The van der Waals surface area contributed by atoms with Gasteiger partial charge >= 0.3 is 11.9 Å². The molecule has 6 heteroatoms. The standard InChI is InChI=1S/C17H26O3.C10H12O3/c1-2-3-4-5-6-7-11-14-16(17(18)19)20-15-12-9-8-10-13-15;1-13-9-4-2-3-8(7-9)5-6-10(11)12/h8-10,12-13,16H,2-7,11,14H2,1H3,(H,18,19);2-4,7H,5-6H2,1H3,(H,11,12). The van der Waals surface area contributed by atoms with Crippen molar-refractivity contribution in [3.05, 3.63) is 60.2 Å². The van der Waals surface area contributed by atoms with E-state index < -0.39 is 18.0 Å². The van der Waals surface area contributed by atoms with Crippen molar-refractivity contribution in [2.45, 2.75) is 77.2 Å². The number of aliphatic carboxylic acids is 2. The summed E-state index contributed by atoms with van der Waals surface area (Å²) in [5.41, 5.74) is 0.988. The average Bonchev–Trinajstić information content (AvgIpc) is 2.82. The quantitative estimate of drug-likeness (QED) is 0.301. The zero-order chi connectivity index (χ0) is 24.3. The summed E-state index contributed by atoms with van der Waals surface area (Å²) >= 11 is 0. The van der Waals surface area contributed by atoms with Crippen molar-refractivity contribution >= 4 is 11.9 Å². The minimum absolute atomic E-state index is 0.160. The van der Waals surface area contributed by atoms with E-state index in [0.717, 1.165) is 24.2 Å². The van der Waals surface area contributed by atoms with Gasteiger partial charge in [0.2, 0.25) is 0 Å². The molecule has 6 nitrogen and oxygen atoms in total. The zero-order valence-electron chi connectivity index (χ0n) is 19.9. The van der Waals surface area contributed by atoms with E-state index in [1.54, 1.807) is 19.2 Å². The van der Waals surface area contributed by atoms with Gasteiger partial charge in [0.1, 0.15) is 11.5 Å². The molecule has 0 aliphatic rings. The highest BCUT2D eigenvalue weighted by Crippen LogP contribution is 2.16. The number of ether oxygens (including phenoxy) is 2. The van der Waals surface area contributed by atoms with Crippen LogP contribution in [0.5, 0.6) is 11.5 Å². The predicted molar refractivity (Wildman–Crippen MR) is 130 cm³/mol. The van der Waals surface area contributed by atoms with Gasteiger partial charge in [-0.05, 0) is 49.1 Å². The number of aryl methyl sites for hydroxylation is 1. The van der Waals surface area contributed by atoms with Crippen LogP contribution in [-0.2, 0) is 16.0 Å². The van der Waals surface area contributed by atoms with E-state index >= 15 is 0 Å². The van der Waals surface area contributed by atoms with Crippen molar-refractivity contribution in [1.29, 1.82) is 0 Å². The molecule has 0 radical (unpaired) electrons. The van der Waals surface area contributed by atoms with Gasteiger partial charge in [-0.3, -0.25) is 4.79 Å². The van der Waals surface area contributed by atoms with Gasteiger partial charge in [0, 0.05) is 6.42 Å². The van der Waals surface area contributed by atoms with E-state index in [1.165, 1.54) is 32.1 Å². The summed E-state index contributed by atoms with van der Waals surface area (Å²) in [6.45, 7) is 2.21. The molecular weight excluding hydrogens is 420 g/mol. The summed E-state index contributed by atoms with van der Waals surface area (Å²) < 4.78 is 10.5. The number of carboxylic acid groups (broad SMARTS) is 2. The molecule has 0 bridgehead atoms. The number of methoxy groups -OCH3 is 1. The Morgan fingerprint density at radius 1 is 0.848 bits per heavy atom. The number of benzene rings is 2. The molecule has 182 valence electrons. The first-order valence-corrected chi connectivity index (χ1v) is 11.8. The Morgan fingerprint density at radius 3 is 2.09 bits per heavy atom. The largest absolute Gasteiger partial charge is 0.497 e. The fourth-order valence-corrected chi connectivity index (χ4v) is 3.26. The molecule has 0 saturated heterocycles. The van der Waals surface area contributed by atoms with Crippen LogP contribution in [0.25, 0.3) is 0 Å². The fourth-order valence-electron chi connectivity index (χ4n) is 3.26. The highest BCUT2D eigenvalue weighted by Gasteiger charge is 2.18. The maximum absolute atomic E-state index is 11.2. The summed E-state index contributed by atoms with van der Waals surface area (Å²) in [4.78, 5) is 21.5. The molecule has 0 spiro atoms. The fraction of sp³-hybridized carbons (Fsp3) is 0.481. The molecule has 2 aromatic carbocycles. The Balaban J connectivity index is 0.000000361. The highest BCUT2D eigenvalue weighted by atomic mass is 16.5. The molecule has 33 heavy (non-hydrogen) atoms. The van der Waals surface area contributed by atoms with Crippen molar-refractivity contribution in [3.8, 4) is 11.5 Å². The number of hydrogen-bond acceptors (Lipinski definition) is 4.